The SMILES string of the molecule is CC(C)(C)N[Si](C)(C)[C]1C=C(N2CCCC2)c2ccccc21. The Bertz CT molecular complexity index is 577. The van der Waals surface area contributed by atoms with Crippen molar-refractivity contribution in [2.45, 2.75) is 52.2 Å². The summed E-state index contributed by atoms with van der Waals surface area (Å²) in [5, 5.41) is 0. The van der Waals surface area contributed by atoms with Gasteiger partial charge in [-0.1, -0.05) is 43.4 Å². The molecule has 1 fully saturated rings. The third-order valence-electron chi connectivity index (χ3n) is 4.58. The maximum absolute atomic E-state index is 3.93. The van der Waals surface area contributed by atoms with E-state index in [1.165, 1.54) is 42.8 Å². The second kappa shape index (κ2) is 5.54. The Morgan fingerprint density at radius 1 is 1.00 bits per heavy atom. The van der Waals surface area contributed by atoms with Gasteiger partial charge in [-0.15, -0.1) is 0 Å². The van der Waals surface area contributed by atoms with Crippen LogP contribution in [0.5, 0.6) is 0 Å². The minimum Gasteiger partial charge on any atom is -0.371 e. The first-order valence-electron chi connectivity index (χ1n) is 8.51. The molecule has 0 spiro atoms. The third kappa shape index (κ3) is 3.02. The van der Waals surface area contributed by atoms with Gasteiger partial charge in [0.1, 0.15) is 8.24 Å². The molecule has 0 amide bonds. The van der Waals surface area contributed by atoms with Crippen molar-refractivity contribution in [2.24, 2.45) is 0 Å². The summed E-state index contributed by atoms with van der Waals surface area (Å²) in [4.78, 5) is 6.50. The molecule has 1 aromatic carbocycles. The van der Waals surface area contributed by atoms with Gasteiger partial charge < -0.3 is 9.88 Å². The molecule has 22 heavy (non-hydrogen) atoms. The zero-order chi connectivity index (χ0) is 16.0. The van der Waals surface area contributed by atoms with Crippen molar-refractivity contribution >= 4 is 13.9 Å². The van der Waals surface area contributed by atoms with Crippen molar-refractivity contribution in [3.63, 3.8) is 0 Å². The van der Waals surface area contributed by atoms with Gasteiger partial charge in [0.2, 0.25) is 0 Å². The Morgan fingerprint density at radius 2 is 1.59 bits per heavy atom. The number of benzene rings is 1. The van der Waals surface area contributed by atoms with Gasteiger partial charge in [0.15, 0.2) is 0 Å². The second-order valence-corrected chi connectivity index (χ2v) is 12.2. The summed E-state index contributed by atoms with van der Waals surface area (Å²) in [6.07, 6.45) is 5.15. The topological polar surface area (TPSA) is 15.3 Å². The van der Waals surface area contributed by atoms with Gasteiger partial charge >= 0.3 is 0 Å². The third-order valence-corrected chi connectivity index (χ3v) is 7.72. The molecule has 3 rings (SSSR count). The molecule has 1 aromatic rings. The Kier molecular flexibility index (Phi) is 3.98. The molecule has 0 bridgehead atoms. The summed E-state index contributed by atoms with van der Waals surface area (Å²) < 4.78 is 0. The molecular weight excluding hydrogens is 284 g/mol. The van der Waals surface area contributed by atoms with Crippen molar-refractivity contribution in [1.82, 2.24) is 9.88 Å². The van der Waals surface area contributed by atoms with Crippen LogP contribution in [0.15, 0.2) is 30.3 Å². The predicted molar refractivity (Wildman–Crippen MR) is 97.9 cm³/mol. The average Bonchev–Trinajstić information content (AvgIpc) is 3.02. The highest BCUT2D eigenvalue weighted by Crippen LogP contribution is 2.42. The fraction of sp³-hybridized carbons (Fsp3) is 0.526. The van der Waals surface area contributed by atoms with E-state index in [4.69, 9.17) is 0 Å². The lowest BCUT2D eigenvalue weighted by molar-refractivity contribution is 0.494. The number of allylic oxidation sites excluding steroid dienone is 1. The lowest BCUT2D eigenvalue weighted by Crippen LogP contribution is -2.57. The van der Waals surface area contributed by atoms with Gasteiger partial charge in [-0.25, -0.2) is 0 Å². The van der Waals surface area contributed by atoms with Crippen molar-refractivity contribution in [2.75, 3.05) is 13.1 Å². The van der Waals surface area contributed by atoms with E-state index in [1.807, 2.05) is 0 Å². The van der Waals surface area contributed by atoms with Crippen LogP contribution in [0.1, 0.15) is 44.7 Å². The highest BCUT2D eigenvalue weighted by molar-refractivity contribution is 6.82. The van der Waals surface area contributed by atoms with E-state index < -0.39 is 8.24 Å². The van der Waals surface area contributed by atoms with Crippen molar-refractivity contribution in [3.05, 3.63) is 47.0 Å². The number of nitrogens with zero attached hydrogens (tertiary/aromatic N) is 1. The van der Waals surface area contributed by atoms with E-state index in [0.29, 0.717) is 0 Å². The summed E-state index contributed by atoms with van der Waals surface area (Å²) >= 11 is 0. The average molecular weight is 314 g/mol. The summed E-state index contributed by atoms with van der Waals surface area (Å²) in [6.45, 7) is 14.1. The van der Waals surface area contributed by atoms with Gasteiger partial charge in [-0.2, -0.15) is 0 Å². The van der Waals surface area contributed by atoms with E-state index in [9.17, 15) is 0 Å². The lowest BCUT2D eigenvalue weighted by Gasteiger charge is -2.37. The van der Waals surface area contributed by atoms with E-state index in [-0.39, 0.29) is 5.54 Å². The van der Waals surface area contributed by atoms with Crippen LogP contribution in [0.3, 0.4) is 0 Å². The van der Waals surface area contributed by atoms with Crippen molar-refractivity contribution in [1.29, 1.82) is 0 Å². The molecular formula is C19H29N2Si. The Balaban J connectivity index is 1.97. The Morgan fingerprint density at radius 3 is 2.18 bits per heavy atom. The lowest BCUT2D eigenvalue weighted by atomic mass is 10.1. The van der Waals surface area contributed by atoms with Crippen LogP contribution in [-0.4, -0.2) is 31.8 Å². The number of rotatable bonds is 3. The summed E-state index contributed by atoms with van der Waals surface area (Å²) in [6, 6.07) is 8.97. The van der Waals surface area contributed by atoms with E-state index in [0.717, 1.165) is 0 Å². The van der Waals surface area contributed by atoms with Crippen LogP contribution in [0.25, 0.3) is 5.70 Å². The molecule has 0 aromatic heterocycles. The van der Waals surface area contributed by atoms with Crippen LogP contribution in [0.4, 0.5) is 0 Å². The maximum Gasteiger partial charge on any atom is 0.135 e. The van der Waals surface area contributed by atoms with Gasteiger partial charge in [-0.05, 0) is 39.2 Å². The minimum absolute atomic E-state index is 0.155. The molecule has 2 aliphatic rings. The van der Waals surface area contributed by atoms with Crippen LogP contribution in [0, 0.1) is 5.54 Å². The molecule has 1 saturated heterocycles. The number of likely N-dealkylation sites (tertiary alicyclic amines) is 1. The van der Waals surface area contributed by atoms with Gasteiger partial charge in [-0.3, -0.25) is 0 Å². The van der Waals surface area contributed by atoms with E-state index in [2.05, 4.69) is 74.1 Å². The highest BCUT2D eigenvalue weighted by atomic mass is 28.3. The number of fused-ring (bicyclic) bond motifs is 1. The quantitative estimate of drug-likeness (QED) is 0.842. The summed E-state index contributed by atoms with van der Waals surface area (Å²) in [7, 11) is -1.69. The van der Waals surface area contributed by atoms with E-state index in [1.54, 1.807) is 5.54 Å². The molecule has 3 heteroatoms. The smallest absolute Gasteiger partial charge is 0.135 e. The number of nitrogens with one attached hydrogen (secondary N) is 1. The molecule has 0 saturated carbocycles. The first kappa shape index (κ1) is 15.8. The number of hydrogen-bond acceptors (Lipinski definition) is 2. The van der Waals surface area contributed by atoms with Crippen LogP contribution in [-0.2, 0) is 0 Å². The van der Waals surface area contributed by atoms with Crippen molar-refractivity contribution in [3.8, 4) is 0 Å². The molecule has 0 unspecified atom stereocenters. The van der Waals surface area contributed by atoms with Crippen molar-refractivity contribution < 1.29 is 0 Å². The molecule has 1 radical (unpaired) electrons. The first-order valence-corrected chi connectivity index (χ1v) is 11.5. The first-order chi connectivity index (χ1) is 10.3. The van der Waals surface area contributed by atoms with Gasteiger partial charge in [0, 0.05) is 35.4 Å². The van der Waals surface area contributed by atoms with E-state index >= 15 is 0 Å². The largest absolute Gasteiger partial charge is 0.371 e. The van der Waals surface area contributed by atoms with Crippen LogP contribution < -0.4 is 4.98 Å². The second-order valence-electron chi connectivity index (χ2n) is 8.18. The van der Waals surface area contributed by atoms with Gasteiger partial charge in [0.25, 0.3) is 0 Å². The standard InChI is InChI=1S/C19H29N2Si/c1-19(2,3)20-22(4,5)18-14-17(21-12-8-9-13-21)15-10-6-7-11-16(15)18/h6-7,10-11,14,20H,8-9,12-13H2,1-5H3. The maximum atomic E-state index is 3.93. The molecule has 0 atom stereocenters. The Labute approximate surface area is 136 Å². The monoisotopic (exact) mass is 313 g/mol. The summed E-state index contributed by atoms with van der Waals surface area (Å²) in [5.41, 5.74) is 6.06. The normalized spacial score (nSPS) is 19.5. The molecule has 1 heterocycles. The Hall–Kier alpha value is -1.06. The van der Waals surface area contributed by atoms with Gasteiger partial charge in [0.05, 0.1) is 0 Å². The zero-order valence-electron chi connectivity index (χ0n) is 14.7. The fourth-order valence-corrected chi connectivity index (χ4v) is 7.37. The molecule has 1 N–H and O–H groups in total. The zero-order valence-corrected chi connectivity index (χ0v) is 15.7. The molecule has 2 nitrogen and oxygen atoms in total. The van der Waals surface area contributed by atoms with Crippen LogP contribution in [0.2, 0.25) is 13.1 Å². The summed E-state index contributed by atoms with van der Waals surface area (Å²) in [5.74, 6) is 0. The predicted octanol–water partition coefficient (Wildman–Crippen LogP) is 4.19. The minimum atomic E-state index is -1.69. The number of hydrogen-bond donors (Lipinski definition) is 1. The molecule has 1 aliphatic carbocycles. The fourth-order valence-electron chi connectivity index (χ4n) is 3.98. The molecule has 119 valence electrons. The highest BCUT2D eigenvalue weighted by Gasteiger charge is 2.41. The molecule has 1 aliphatic heterocycles. The van der Waals surface area contributed by atoms with Crippen LogP contribution >= 0.6 is 0 Å².